The van der Waals surface area contributed by atoms with Crippen molar-refractivity contribution < 1.29 is 27.4 Å². The Kier molecular flexibility index (Phi) is 5.57. The fourth-order valence-corrected chi connectivity index (χ4v) is 4.48. The summed E-state index contributed by atoms with van der Waals surface area (Å²) in [5, 5.41) is 2.72. The molecule has 9 heteroatoms. The number of anilines is 1. The largest absolute Gasteiger partial charge is 0.495 e. The topological polar surface area (TPSA) is 94.2 Å². The van der Waals surface area contributed by atoms with Crippen molar-refractivity contribution in [3.8, 4) is 5.75 Å². The minimum Gasteiger partial charge on any atom is -0.495 e. The van der Waals surface area contributed by atoms with Crippen LogP contribution in [0.1, 0.15) is 12.8 Å². The van der Waals surface area contributed by atoms with Crippen LogP contribution in [0.2, 0.25) is 0 Å². The fourth-order valence-electron chi connectivity index (χ4n) is 2.89. The molecule has 3 rings (SSSR count). The van der Waals surface area contributed by atoms with E-state index in [-0.39, 0.29) is 29.6 Å². The lowest BCUT2D eigenvalue weighted by atomic mass is 10.2. The van der Waals surface area contributed by atoms with Gasteiger partial charge in [0.2, 0.25) is 10.0 Å². The van der Waals surface area contributed by atoms with Crippen LogP contribution in [-0.4, -0.2) is 64.8 Å². The molecule has 2 saturated heterocycles. The molecule has 138 valence electrons. The van der Waals surface area contributed by atoms with E-state index in [4.69, 9.17) is 14.2 Å². The minimum absolute atomic E-state index is 0.0297. The van der Waals surface area contributed by atoms with Gasteiger partial charge in [-0.05, 0) is 31.0 Å². The Morgan fingerprint density at radius 2 is 2.04 bits per heavy atom. The van der Waals surface area contributed by atoms with Gasteiger partial charge in [0, 0.05) is 25.4 Å². The van der Waals surface area contributed by atoms with E-state index >= 15 is 0 Å². The number of benzene rings is 1. The second-order valence-corrected chi connectivity index (χ2v) is 7.78. The van der Waals surface area contributed by atoms with Crippen LogP contribution in [0.15, 0.2) is 23.1 Å². The van der Waals surface area contributed by atoms with Gasteiger partial charge in [0.1, 0.15) is 16.7 Å². The predicted octanol–water partition coefficient (Wildman–Crippen LogP) is 0.834. The Labute approximate surface area is 147 Å². The summed E-state index contributed by atoms with van der Waals surface area (Å²) in [6.07, 6.45) is 1.03. The highest BCUT2D eigenvalue weighted by molar-refractivity contribution is 7.89. The van der Waals surface area contributed by atoms with Gasteiger partial charge in [0.25, 0.3) is 5.91 Å². The zero-order valence-corrected chi connectivity index (χ0v) is 14.9. The Bertz CT molecular complexity index is 724. The number of methoxy groups -OCH3 is 1. The fraction of sp³-hybridized carbons (Fsp3) is 0.562. The van der Waals surface area contributed by atoms with Gasteiger partial charge < -0.3 is 19.5 Å². The zero-order valence-electron chi connectivity index (χ0n) is 14.1. The number of hydrogen-bond acceptors (Lipinski definition) is 6. The van der Waals surface area contributed by atoms with Crippen LogP contribution < -0.4 is 10.1 Å². The van der Waals surface area contributed by atoms with Gasteiger partial charge in [-0.3, -0.25) is 4.79 Å². The molecule has 2 aliphatic rings. The number of carbonyl (C=O) groups is 1. The zero-order chi connectivity index (χ0) is 17.9. The lowest BCUT2D eigenvalue weighted by Gasteiger charge is -2.27. The van der Waals surface area contributed by atoms with Crippen molar-refractivity contribution in [1.82, 2.24) is 4.31 Å². The van der Waals surface area contributed by atoms with E-state index in [1.54, 1.807) is 12.1 Å². The molecule has 2 heterocycles. The molecule has 0 unspecified atom stereocenters. The Hall–Kier alpha value is -1.68. The molecule has 8 nitrogen and oxygen atoms in total. The molecule has 0 saturated carbocycles. The predicted molar refractivity (Wildman–Crippen MR) is 90.2 cm³/mol. The summed E-state index contributed by atoms with van der Waals surface area (Å²) in [5.41, 5.74) is 0.396. The van der Waals surface area contributed by atoms with Crippen molar-refractivity contribution >= 4 is 21.6 Å². The van der Waals surface area contributed by atoms with Crippen LogP contribution in [0.4, 0.5) is 5.69 Å². The average molecular weight is 370 g/mol. The number of hydrogen-bond donors (Lipinski definition) is 1. The number of ether oxygens (including phenoxy) is 3. The quantitative estimate of drug-likeness (QED) is 0.825. The van der Waals surface area contributed by atoms with Crippen LogP contribution in [-0.2, 0) is 24.3 Å². The monoisotopic (exact) mass is 370 g/mol. The van der Waals surface area contributed by atoms with E-state index < -0.39 is 16.1 Å². The maximum absolute atomic E-state index is 12.9. The van der Waals surface area contributed by atoms with Gasteiger partial charge in [0.05, 0.1) is 20.3 Å². The molecule has 0 radical (unpaired) electrons. The summed E-state index contributed by atoms with van der Waals surface area (Å²) in [7, 11) is -2.32. The van der Waals surface area contributed by atoms with Crippen LogP contribution in [0, 0.1) is 0 Å². The molecule has 0 spiro atoms. The smallest absolute Gasteiger partial charge is 0.253 e. The van der Waals surface area contributed by atoms with Gasteiger partial charge in [-0.2, -0.15) is 4.31 Å². The number of morpholine rings is 1. The van der Waals surface area contributed by atoms with E-state index in [9.17, 15) is 13.2 Å². The molecular weight excluding hydrogens is 348 g/mol. The summed E-state index contributed by atoms with van der Waals surface area (Å²) in [4.78, 5) is 12.2. The normalized spacial score (nSPS) is 21.9. The molecule has 2 fully saturated rings. The maximum atomic E-state index is 12.9. The van der Waals surface area contributed by atoms with Crippen LogP contribution >= 0.6 is 0 Å². The Morgan fingerprint density at radius 3 is 2.68 bits per heavy atom. The second kappa shape index (κ2) is 7.69. The highest BCUT2D eigenvalue weighted by atomic mass is 32.2. The average Bonchev–Trinajstić information content (AvgIpc) is 3.17. The van der Waals surface area contributed by atoms with E-state index in [1.807, 2.05) is 0 Å². The molecule has 1 atom stereocenters. The third-order valence-corrected chi connectivity index (χ3v) is 6.16. The number of amides is 1. The van der Waals surface area contributed by atoms with Crippen LogP contribution in [0.3, 0.4) is 0 Å². The Balaban J connectivity index is 1.85. The molecule has 0 aliphatic carbocycles. The second-order valence-electron chi connectivity index (χ2n) is 5.87. The first kappa shape index (κ1) is 18.1. The van der Waals surface area contributed by atoms with Crippen molar-refractivity contribution in [1.29, 1.82) is 0 Å². The molecule has 1 aromatic carbocycles. The summed E-state index contributed by atoms with van der Waals surface area (Å²) < 4.78 is 43.0. The molecule has 0 aromatic heterocycles. The number of rotatable bonds is 5. The summed E-state index contributed by atoms with van der Waals surface area (Å²) in [5.74, 6) is -0.0287. The summed E-state index contributed by atoms with van der Waals surface area (Å²) in [6.45, 7) is 1.86. The Morgan fingerprint density at radius 1 is 1.28 bits per heavy atom. The van der Waals surface area contributed by atoms with Crippen LogP contribution in [0.25, 0.3) is 0 Å². The number of sulfonamides is 1. The molecule has 1 aromatic rings. The van der Waals surface area contributed by atoms with E-state index in [0.29, 0.717) is 31.9 Å². The van der Waals surface area contributed by atoms with Crippen molar-refractivity contribution in [3.63, 3.8) is 0 Å². The lowest BCUT2D eigenvalue weighted by molar-refractivity contribution is -0.124. The summed E-state index contributed by atoms with van der Waals surface area (Å²) >= 11 is 0. The van der Waals surface area contributed by atoms with Gasteiger partial charge in [0.15, 0.2) is 0 Å². The standard InChI is InChI=1S/C16H22N2O6S/c1-22-13-5-4-12(17-16(19)14-3-2-8-24-14)11-15(13)25(20,21)18-6-9-23-10-7-18/h4-5,11,14H,2-3,6-10H2,1H3,(H,17,19)/t14-/m1/s1. The number of nitrogens with one attached hydrogen (secondary N) is 1. The van der Waals surface area contributed by atoms with Gasteiger partial charge >= 0.3 is 0 Å². The first-order valence-electron chi connectivity index (χ1n) is 8.21. The van der Waals surface area contributed by atoms with Crippen molar-refractivity contribution in [2.24, 2.45) is 0 Å². The highest BCUT2D eigenvalue weighted by Crippen LogP contribution is 2.30. The van der Waals surface area contributed by atoms with Gasteiger partial charge in [-0.25, -0.2) is 8.42 Å². The molecule has 0 bridgehead atoms. The maximum Gasteiger partial charge on any atom is 0.253 e. The SMILES string of the molecule is COc1ccc(NC(=O)[C@H]2CCCO2)cc1S(=O)(=O)N1CCOCC1. The third-order valence-electron chi connectivity index (χ3n) is 4.24. The molecule has 1 N–H and O–H groups in total. The molecule has 25 heavy (non-hydrogen) atoms. The van der Waals surface area contributed by atoms with E-state index in [0.717, 1.165) is 6.42 Å². The first-order valence-corrected chi connectivity index (χ1v) is 9.65. The third kappa shape index (κ3) is 3.95. The molecule has 2 aliphatic heterocycles. The van der Waals surface area contributed by atoms with Crippen LogP contribution in [0.5, 0.6) is 5.75 Å². The molecule has 1 amide bonds. The minimum atomic E-state index is -3.74. The van der Waals surface area contributed by atoms with Crippen molar-refractivity contribution in [2.75, 3.05) is 45.3 Å². The first-order chi connectivity index (χ1) is 12.0. The van der Waals surface area contributed by atoms with E-state index in [1.165, 1.54) is 17.5 Å². The van der Waals surface area contributed by atoms with Crippen molar-refractivity contribution in [3.05, 3.63) is 18.2 Å². The van der Waals surface area contributed by atoms with E-state index in [2.05, 4.69) is 5.32 Å². The van der Waals surface area contributed by atoms with Gasteiger partial charge in [-0.15, -0.1) is 0 Å². The number of nitrogens with zero attached hydrogens (tertiary/aromatic N) is 1. The lowest BCUT2D eigenvalue weighted by Crippen LogP contribution is -2.40. The van der Waals surface area contributed by atoms with Gasteiger partial charge in [-0.1, -0.05) is 0 Å². The number of carbonyl (C=O) groups excluding carboxylic acids is 1. The molecular formula is C16H22N2O6S. The highest BCUT2D eigenvalue weighted by Gasteiger charge is 2.30. The van der Waals surface area contributed by atoms with Crippen molar-refractivity contribution in [2.45, 2.75) is 23.8 Å². The summed E-state index contributed by atoms with van der Waals surface area (Å²) in [6, 6.07) is 4.58.